The number of hydrogen-bond donors (Lipinski definition) is 1. The molecule has 1 N–H and O–H groups in total. The molecule has 0 saturated carbocycles. The molecule has 1 amide bonds. The molecule has 188 valence electrons. The molecule has 0 aliphatic heterocycles. The van der Waals surface area contributed by atoms with Gasteiger partial charge in [-0.2, -0.15) is 5.10 Å². The van der Waals surface area contributed by atoms with E-state index in [-0.39, 0.29) is 5.91 Å². The summed E-state index contributed by atoms with van der Waals surface area (Å²) >= 11 is 0. The van der Waals surface area contributed by atoms with Crippen LogP contribution >= 0.6 is 0 Å². The van der Waals surface area contributed by atoms with Crippen LogP contribution in [0.4, 0.5) is 0 Å². The average Bonchev–Trinajstić information content (AvgIpc) is 3.30. The van der Waals surface area contributed by atoms with Gasteiger partial charge in [0.15, 0.2) is 17.1 Å². The fourth-order valence-corrected chi connectivity index (χ4v) is 4.36. The number of nitrogens with zero attached hydrogens (tertiary/aromatic N) is 3. The van der Waals surface area contributed by atoms with E-state index in [4.69, 9.17) is 19.6 Å². The van der Waals surface area contributed by atoms with Crippen molar-refractivity contribution in [2.75, 3.05) is 19.8 Å². The zero-order chi connectivity index (χ0) is 25.5. The molecule has 4 rings (SSSR count). The Morgan fingerprint density at radius 1 is 0.944 bits per heavy atom. The van der Waals surface area contributed by atoms with Gasteiger partial charge in [0.1, 0.15) is 0 Å². The number of nitrogens with one attached hydrogen (secondary N) is 1. The third kappa shape index (κ3) is 5.85. The minimum atomic E-state index is 0.0234. The molecular weight excluding hydrogens is 452 g/mol. The Morgan fingerprint density at radius 3 is 2.44 bits per heavy atom. The van der Waals surface area contributed by atoms with E-state index >= 15 is 0 Å². The molecule has 0 aliphatic carbocycles. The first-order valence-electron chi connectivity index (χ1n) is 12.6. The summed E-state index contributed by atoms with van der Waals surface area (Å²) in [6.07, 6.45) is 1.74. The molecule has 0 unspecified atom stereocenters. The fraction of sp³-hybridized carbons (Fsp3) is 0.345. The molecule has 0 bridgehead atoms. The average molecular weight is 487 g/mol. The van der Waals surface area contributed by atoms with Crippen molar-refractivity contribution in [3.8, 4) is 22.8 Å². The number of amides is 1. The second-order valence-electron chi connectivity index (χ2n) is 8.67. The Hall–Kier alpha value is -3.87. The van der Waals surface area contributed by atoms with E-state index in [9.17, 15) is 4.79 Å². The van der Waals surface area contributed by atoms with E-state index < -0.39 is 0 Å². The maximum Gasteiger partial charge on any atom is 0.220 e. The van der Waals surface area contributed by atoms with Crippen molar-refractivity contribution in [2.24, 2.45) is 0 Å². The number of aryl methyl sites for hydroxylation is 2. The van der Waals surface area contributed by atoms with Crippen LogP contribution in [0.2, 0.25) is 0 Å². The van der Waals surface area contributed by atoms with E-state index in [2.05, 4.69) is 5.32 Å². The summed E-state index contributed by atoms with van der Waals surface area (Å²) in [4.78, 5) is 17.3. The number of rotatable bonds is 11. The predicted molar refractivity (Wildman–Crippen MR) is 142 cm³/mol. The summed E-state index contributed by atoms with van der Waals surface area (Å²) in [5.74, 6) is 1.51. The maximum atomic E-state index is 12.6. The summed E-state index contributed by atoms with van der Waals surface area (Å²) in [6, 6.07) is 18.0. The number of ether oxygens (including phenoxy) is 2. The highest BCUT2D eigenvalue weighted by atomic mass is 16.5. The Labute approximate surface area is 212 Å². The summed E-state index contributed by atoms with van der Waals surface area (Å²) in [5, 5.41) is 7.81. The highest BCUT2D eigenvalue weighted by Crippen LogP contribution is 2.28. The van der Waals surface area contributed by atoms with Crippen LogP contribution in [0.3, 0.4) is 0 Å². The van der Waals surface area contributed by atoms with E-state index in [1.54, 1.807) is 0 Å². The number of carbonyl (C=O) groups is 1. The lowest BCUT2D eigenvalue weighted by atomic mass is 10.1. The van der Waals surface area contributed by atoms with Crippen LogP contribution in [-0.4, -0.2) is 40.3 Å². The first kappa shape index (κ1) is 25.2. The number of benzene rings is 2. The lowest BCUT2D eigenvalue weighted by molar-refractivity contribution is -0.121. The molecule has 2 aromatic carbocycles. The van der Waals surface area contributed by atoms with Crippen LogP contribution in [0.15, 0.2) is 54.6 Å². The topological polar surface area (TPSA) is 77.8 Å². The molecule has 36 heavy (non-hydrogen) atoms. The molecule has 7 nitrogen and oxygen atoms in total. The quantitative estimate of drug-likeness (QED) is 0.319. The Bertz CT molecular complexity index is 1330. The standard InChI is InChI=1S/C29H34N4O3/c1-5-35-26-14-12-22(18-27(26)36-6-2)16-17-30-29(34)15-13-24-20(3)31-28-19-25(32-33(28)21(24)4)23-10-8-7-9-11-23/h7-12,14,18-19H,5-6,13,15-17H2,1-4H3,(H,30,34). The molecule has 0 atom stereocenters. The molecule has 0 saturated heterocycles. The lowest BCUT2D eigenvalue weighted by Gasteiger charge is -2.13. The van der Waals surface area contributed by atoms with Crippen molar-refractivity contribution < 1.29 is 14.3 Å². The van der Waals surface area contributed by atoms with E-state index in [0.717, 1.165) is 57.3 Å². The molecule has 7 heteroatoms. The van der Waals surface area contributed by atoms with Crippen LogP contribution in [-0.2, 0) is 17.6 Å². The van der Waals surface area contributed by atoms with E-state index in [1.807, 2.05) is 86.8 Å². The van der Waals surface area contributed by atoms with Crippen LogP contribution in [0.5, 0.6) is 11.5 Å². The van der Waals surface area contributed by atoms with E-state index in [1.165, 1.54) is 0 Å². The Morgan fingerprint density at radius 2 is 1.69 bits per heavy atom. The van der Waals surface area contributed by atoms with Crippen molar-refractivity contribution in [1.29, 1.82) is 0 Å². The van der Waals surface area contributed by atoms with Crippen LogP contribution in [0, 0.1) is 13.8 Å². The third-order valence-electron chi connectivity index (χ3n) is 6.18. The molecule has 0 radical (unpaired) electrons. The lowest BCUT2D eigenvalue weighted by Crippen LogP contribution is -2.26. The van der Waals surface area contributed by atoms with Crippen molar-refractivity contribution in [1.82, 2.24) is 19.9 Å². The fourth-order valence-electron chi connectivity index (χ4n) is 4.36. The van der Waals surface area contributed by atoms with Crippen LogP contribution < -0.4 is 14.8 Å². The van der Waals surface area contributed by atoms with Crippen molar-refractivity contribution in [2.45, 2.75) is 47.0 Å². The normalized spacial score (nSPS) is 11.0. The van der Waals surface area contributed by atoms with Crippen molar-refractivity contribution in [3.63, 3.8) is 0 Å². The summed E-state index contributed by atoms with van der Waals surface area (Å²) in [5.41, 5.74) is 6.88. The van der Waals surface area contributed by atoms with Gasteiger partial charge in [0, 0.05) is 36.0 Å². The second-order valence-corrected chi connectivity index (χ2v) is 8.67. The second kappa shape index (κ2) is 11.7. The minimum Gasteiger partial charge on any atom is -0.490 e. The highest BCUT2D eigenvalue weighted by molar-refractivity contribution is 5.76. The van der Waals surface area contributed by atoms with Gasteiger partial charge in [-0.25, -0.2) is 9.50 Å². The van der Waals surface area contributed by atoms with Crippen molar-refractivity contribution in [3.05, 3.63) is 77.1 Å². The molecule has 2 aromatic heterocycles. The number of fused-ring (bicyclic) bond motifs is 1. The molecule has 0 spiro atoms. The Kier molecular flexibility index (Phi) is 8.21. The monoisotopic (exact) mass is 486 g/mol. The molecular formula is C29H34N4O3. The third-order valence-corrected chi connectivity index (χ3v) is 6.18. The van der Waals surface area contributed by atoms with Gasteiger partial charge in [0.05, 0.1) is 18.9 Å². The SMILES string of the molecule is CCOc1ccc(CCNC(=O)CCc2c(C)nc3cc(-c4ccccc4)nn3c2C)cc1OCC. The maximum absolute atomic E-state index is 12.6. The van der Waals surface area contributed by atoms with Gasteiger partial charge >= 0.3 is 0 Å². The van der Waals surface area contributed by atoms with Gasteiger partial charge < -0.3 is 14.8 Å². The van der Waals surface area contributed by atoms with Gasteiger partial charge in [-0.1, -0.05) is 36.4 Å². The highest BCUT2D eigenvalue weighted by Gasteiger charge is 2.14. The summed E-state index contributed by atoms with van der Waals surface area (Å²) in [7, 11) is 0. The van der Waals surface area contributed by atoms with Gasteiger partial charge in [0.25, 0.3) is 0 Å². The largest absolute Gasteiger partial charge is 0.490 e. The molecule has 2 heterocycles. The van der Waals surface area contributed by atoms with Crippen LogP contribution in [0.1, 0.15) is 42.8 Å². The van der Waals surface area contributed by atoms with Gasteiger partial charge in [-0.05, 0) is 63.8 Å². The first-order valence-corrected chi connectivity index (χ1v) is 12.6. The van der Waals surface area contributed by atoms with Gasteiger partial charge in [0.2, 0.25) is 5.91 Å². The molecule has 4 aromatic rings. The molecule has 0 fully saturated rings. The first-order chi connectivity index (χ1) is 17.5. The number of carbonyl (C=O) groups excluding carboxylic acids is 1. The molecule has 0 aliphatic rings. The van der Waals surface area contributed by atoms with Crippen molar-refractivity contribution >= 4 is 11.6 Å². The van der Waals surface area contributed by atoms with Gasteiger partial charge in [-0.15, -0.1) is 0 Å². The smallest absolute Gasteiger partial charge is 0.220 e. The van der Waals surface area contributed by atoms with Gasteiger partial charge in [-0.3, -0.25) is 4.79 Å². The zero-order valence-corrected chi connectivity index (χ0v) is 21.5. The van der Waals surface area contributed by atoms with E-state index in [0.29, 0.717) is 32.6 Å². The minimum absolute atomic E-state index is 0.0234. The predicted octanol–water partition coefficient (Wildman–Crippen LogP) is 5.10. The van der Waals surface area contributed by atoms with Crippen LogP contribution in [0.25, 0.3) is 16.9 Å². The number of aromatic nitrogens is 3. The summed E-state index contributed by atoms with van der Waals surface area (Å²) in [6.45, 7) is 9.67. The summed E-state index contributed by atoms with van der Waals surface area (Å²) < 4.78 is 13.2. The number of hydrogen-bond acceptors (Lipinski definition) is 5. The zero-order valence-electron chi connectivity index (χ0n) is 21.5. The Balaban J connectivity index is 1.36.